The lowest BCUT2D eigenvalue weighted by atomic mass is 10.1. The first-order valence-corrected chi connectivity index (χ1v) is 10.3. The molecule has 1 saturated heterocycles. The number of rotatable bonds is 5. The van der Waals surface area contributed by atoms with Crippen LogP contribution in [0.2, 0.25) is 0 Å². The van der Waals surface area contributed by atoms with E-state index in [1.54, 1.807) is 18.2 Å². The van der Waals surface area contributed by atoms with Gasteiger partial charge in [0.05, 0.1) is 23.5 Å². The number of aromatic nitrogens is 2. The second-order valence-electron chi connectivity index (χ2n) is 6.47. The molecule has 154 valence electrons. The second kappa shape index (κ2) is 8.86. The molecular weight excluding hydrogens is 408 g/mol. The molecule has 0 spiro atoms. The predicted octanol–water partition coefficient (Wildman–Crippen LogP) is 1.06. The highest BCUT2D eigenvalue weighted by Crippen LogP contribution is 2.31. The lowest BCUT2D eigenvalue weighted by Gasteiger charge is -2.30. The molecule has 1 aromatic carbocycles. The molecule has 10 nitrogen and oxygen atoms in total. The molecule has 1 aliphatic rings. The minimum absolute atomic E-state index is 0. The molecule has 1 amide bonds. The highest BCUT2D eigenvalue weighted by Gasteiger charge is 2.26. The Bertz CT molecular complexity index is 948. The van der Waals surface area contributed by atoms with Gasteiger partial charge in [0.15, 0.2) is 5.82 Å². The Morgan fingerprint density at radius 3 is 2.79 bits per heavy atom. The van der Waals surface area contributed by atoms with Gasteiger partial charge in [-0.3, -0.25) is 14.4 Å². The summed E-state index contributed by atoms with van der Waals surface area (Å²) < 4.78 is 31.2. The van der Waals surface area contributed by atoms with Crippen molar-refractivity contribution in [3.63, 3.8) is 0 Å². The van der Waals surface area contributed by atoms with Crippen molar-refractivity contribution >= 4 is 39.7 Å². The fourth-order valence-corrected chi connectivity index (χ4v) is 3.44. The molecule has 0 saturated carbocycles. The zero-order valence-electron chi connectivity index (χ0n) is 15.7. The van der Waals surface area contributed by atoms with E-state index in [0.717, 1.165) is 19.3 Å². The van der Waals surface area contributed by atoms with Gasteiger partial charge in [-0.1, -0.05) is 5.16 Å². The Hall–Kier alpha value is -2.21. The van der Waals surface area contributed by atoms with Crippen LogP contribution in [-0.4, -0.2) is 62.3 Å². The van der Waals surface area contributed by atoms with Gasteiger partial charge in [-0.05, 0) is 25.2 Å². The molecule has 3 rings (SSSR count). The van der Waals surface area contributed by atoms with E-state index < -0.39 is 10.0 Å². The van der Waals surface area contributed by atoms with E-state index in [2.05, 4.69) is 30.4 Å². The van der Waals surface area contributed by atoms with Crippen molar-refractivity contribution in [1.82, 2.24) is 20.4 Å². The number of nitrogens with zero attached hydrogens (tertiary/aromatic N) is 3. The summed E-state index contributed by atoms with van der Waals surface area (Å²) in [4.78, 5) is 17.9. The van der Waals surface area contributed by atoms with E-state index >= 15 is 0 Å². The van der Waals surface area contributed by atoms with Crippen LogP contribution in [-0.2, 0) is 14.8 Å². The summed E-state index contributed by atoms with van der Waals surface area (Å²) in [5.41, 5.74) is 1.17. The van der Waals surface area contributed by atoms with Crippen molar-refractivity contribution in [1.29, 1.82) is 0 Å². The smallest absolute Gasteiger partial charge is 0.260 e. The Balaban J connectivity index is 0.00000280. The van der Waals surface area contributed by atoms with E-state index in [-0.39, 0.29) is 35.9 Å². The van der Waals surface area contributed by atoms with Gasteiger partial charge in [-0.2, -0.15) is 4.98 Å². The highest BCUT2D eigenvalue weighted by molar-refractivity contribution is 7.92. The molecule has 12 heteroatoms. The van der Waals surface area contributed by atoms with Gasteiger partial charge in [-0.25, -0.2) is 8.42 Å². The number of nitrogens with one attached hydrogen (secondary N) is 3. The van der Waals surface area contributed by atoms with E-state index in [1.165, 1.54) is 6.92 Å². The quantitative estimate of drug-likeness (QED) is 0.642. The largest absolute Gasteiger partial charge is 0.334 e. The van der Waals surface area contributed by atoms with E-state index in [9.17, 15) is 13.2 Å². The fraction of sp³-hybridized carbons (Fsp3) is 0.438. The second-order valence-corrected chi connectivity index (χ2v) is 8.22. The van der Waals surface area contributed by atoms with Gasteiger partial charge in [0.25, 0.3) is 5.89 Å². The van der Waals surface area contributed by atoms with Crippen LogP contribution in [0.15, 0.2) is 22.7 Å². The number of likely N-dealkylation sites (N-methyl/N-ethyl adjacent to an activating group) is 1. The number of hydrogen-bond acceptors (Lipinski definition) is 8. The number of piperazine rings is 1. The molecule has 1 aliphatic heterocycles. The minimum atomic E-state index is -3.51. The predicted molar refractivity (Wildman–Crippen MR) is 108 cm³/mol. The van der Waals surface area contributed by atoms with Crippen molar-refractivity contribution < 1.29 is 17.7 Å². The van der Waals surface area contributed by atoms with E-state index in [4.69, 9.17) is 4.52 Å². The maximum Gasteiger partial charge on any atom is 0.260 e. The van der Waals surface area contributed by atoms with Gasteiger partial charge < -0.3 is 15.2 Å². The summed E-state index contributed by atoms with van der Waals surface area (Å²) in [6.07, 6.45) is 1.06. The van der Waals surface area contributed by atoms with Crippen LogP contribution >= 0.6 is 12.4 Å². The number of halogens is 1. The Morgan fingerprint density at radius 1 is 1.39 bits per heavy atom. The maximum atomic E-state index is 11.7. The Labute approximate surface area is 169 Å². The third kappa shape index (κ3) is 5.41. The maximum absolute atomic E-state index is 11.7. The number of benzene rings is 1. The summed E-state index contributed by atoms with van der Waals surface area (Å²) in [7, 11) is -1.53. The monoisotopic (exact) mass is 430 g/mol. The van der Waals surface area contributed by atoms with Crippen LogP contribution in [0.5, 0.6) is 0 Å². The summed E-state index contributed by atoms with van der Waals surface area (Å²) >= 11 is 0. The van der Waals surface area contributed by atoms with Gasteiger partial charge >= 0.3 is 0 Å². The van der Waals surface area contributed by atoms with Crippen LogP contribution in [0.1, 0.15) is 18.8 Å². The standard InChI is InChI=1S/C16H22N6O4S.ClH/c1-10(23)18-11-4-5-13(21-27(3,24)25)12(8-11)16-19-15(20-26-16)14-9-17-6-7-22(14)2;/h4-5,8,14,17,21H,6-7,9H2,1-3H3,(H,18,23);1H. The SMILES string of the molecule is CC(=O)Nc1ccc(NS(C)(=O)=O)c(-c2nc(C3CNCCN3C)no2)c1.Cl. The minimum Gasteiger partial charge on any atom is -0.334 e. The highest BCUT2D eigenvalue weighted by atomic mass is 35.5. The number of carbonyl (C=O) groups excluding carboxylic acids is 1. The van der Waals surface area contributed by atoms with Crippen molar-refractivity contribution in [3.8, 4) is 11.5 Å². The van der Waals surface area contributed by atoms with E-state index in [1.807, 2.05) is 7.05 Å². The molecule has 2 heterocycles. The molecule has 28 heavy (non-hydrogen) atoms. The molecule has 3 N–H and O–H groups in total. The van der Waals surface area contributed by atoms with Crippen molar-refractivity contribution in [2.75, 3.05) is 43.0 Å². The molecular formula is C16H23ClN6O4S. The Morgan fingerprint density at radius 2 is 2.14 bits per heavy atom. The van der Waals surface area contributed by atoms with Crippen molar-refractivity contribution in [3.05, 3.63) is 24.0 Å². The first-order chi connectivity index (χ1) is 12.7. The summed E-state index contributed by atoms with van der Waals surface area (Å²) in [5.74, 6) is 0.433. The lowest BCUT2D eigenvalue weighted by molar-refractivity contribution is -0.114. The van der Waals surface area contributed by atoms with Gasteiger partial charge in [-0.15, -0.1) is 12.4 Å². The number of sulfonamides is 1. The van der Waals surface area contributed by atoms with Crippen molar-refractivity contribution in [2.24, 2.45) is 0 Å². The van der Waals surface area contributed by atoms with Gasteiger partial charge in [0.2, 0.25) is 15.9 Å². The fourth-order valence-electron chi connectivity index (χ4n) is 2.86. The Kier molecular flexibility index (Phi) is 6.99. The van der Waals surface area contributed by atoms with Crippen LogP contribution in [0.3, 0.4) is 0 Å². The topological polar surface area (TPSA) is 129 Å². The zero-order valence-corrected chi connectivity index (χ0v) is 17.4. The lowest BCUT2D eigenvalue weighted by Crippen LogP contribution is -2.44. The van der Waals surface area contributed by atoms with E-state index in [0.29, 0.717) is 23.6 Å². The van der Waals surface area contributed by atoms with Gasteiger partial charge in [0.1, 0.15) is 0 Å². The molecule has 0 aliphatic carbocycles. The number of carbonyl (C=O) groups is 1. The molecule has 0 bridgehead atoms. The van der Waals surface area contributed by atoms with Crippen LogP contribution in [0.25, 0.3) is 11.5 Å². The third-order valence-corrected chi connectivity index (χ3v) is 4.71. The molecule has 1 unspecified atom stereocenters. The summed E-state index contributed by atoms with van der Waals surface area (Å²) in [6.45, 7) is 3.82. The van der Waals surface area contributed by atoms with Crippen LogP contribution < -0.4 is 15.4 Å². The summed E-state index contributed by atoms with van der Waals surface area (Å²) in [5, 5.41) is 10.0. The van der Waals surface area contributed by atoms with Crippen molar-refractivity contribution in [2.45, 2.75) is 13.0 Å². The first kappa shape index (κ1) is 22.1. The molecule has 1 atom stereocenters. The summed E-state index contributed by atoms with van der Waals surface area (Å²) in [6, 6.07) is 4.68. The average Bonchev–Trinajstić information content (AvgIpc) is 3.04. The van der Waals surface area contributed by atoms with Crippen LogP contribution in [0.4, 0.5) is 11.4 Å². The molecule has 2 aromatic rings. The number of anilines is 2. The molecule has 1 aromatic heterocycles. The average molecular weight is 431 g/mol. The third-order valence-electron chi connectivity index (χ3n) is 4.12. The number of amides is 1. The first-order valence-electron chi connectivity index (χ1n) is 8.37. The molecule has 1 fully saturated rings. The molecule has 0 radical (unpaired) electrons. The number of hydrogen-bond donors (Lipinski definition) is 3. The van der Waals surface area contributed by atoms with Crippen LogP contribution in [0, 0.1) is 0 Å². The normalized spacial score (nSPS) is 17.6. The zero-order chi connectivity index (χ0) is 19.6. The van der Waals surface area contributed by atoms with Gasteiger partial charge in [0, 0.05) is 32.2 Å².